The minimum Gasteiger partial charge on any atom is -0.456 e. The van der Waals surface area contributed by atoms with E-state index in [1.165, 1.54) is 54.9 Å². The summed E-state index contributed by atoms with van der Waals surface area (Å²) in [4.78, 5) is 4.66. The Labute approximate surface area is 326 Å². The number of hydrogen-bond donors (Lipinski definition) is 0. The third-order valence-electron chi connectivity index (χ3n) is 11.5. The molecule has 266 valence electrons. The van der Waals surface area contributed by atoms with Gasteiger partial charge < -0.3 is 14.2 Å². The highest BCUT2D eigenvalue weighted by molar-refractivity contribution is 6.12. The predicted octanol–water partition coefficient (Wildman–Crippen LogP) is 15.0. The lowest BCUT2D eigenvalue weighted by Crippen LogP contribution is -2.09. The lowest BCUT2D eigenvalue weighted by Gasteiger charge is -2.26. The fourth-order valence-electron chi connectivity index (χ4n) is 8.64. The molecule has 1 aliphatic carbocycles. The molecule has 3 heteroatoms. The van der Waals surface area contributed by atoms with Gasteiger partial charge in [-0.3, -0.25) is 0 Å². The number of furan rings is 1. The Bertz CT molecular complexity index is 3110. The molecule has 11 rings (SSSR count). The molecule has 0 fully saturated rings. The highest BCUT2D eigenvalue weighted by Gasteiger charge is 2.23. The zero-order valence-electron chi connectivity index (χ0n) is 31.3. The maximum atomic E-state index is 6.69. The fraction of sp³-hybridized carbons (Fsp3) is 0.0566. The van der Waals surface area contributed by atoms with Crippen molar-refractivity contribution in [1.82, 2.24) is 0 Å². The topological polar surface area (TPSA) is 19.6 Å². The van der Waals surface area contributed by atoms with Crippen molar-refractivity contribution in [3.63, 3.8) is 0 Å². The third-order valence-corrected chi connectivity index (χ3v) is 11.5. The minimum absolute atomic E-state index is 0.902. The van der Waals surface area contributed by atoms with Gasteiger partial charge in [-0.1, -0.05) is 90.0 Å². The van der Waals surface area contributed by atoms with Crippen LogP contribution in [0.2, 0.25) is 0 Å². The molecule has 0 saturated heterocycles. The van der Waals surface area contributed by atoms with E-state index in [9.17, 15) is 0 Å². The number of nitrogens with zero attached hydrogens (tertiary/aromatic N) is 2. The smallest absolute Gasteiger partial charge is 0.136 e. The quantitative estimate of drug-likeness (QED) is 0.171. The van der Waals surface area contributed by atoms with Gasteiger partial charge in [-0.2, -0.15) is 0 Å². The zero-order valence-corrected chi connectivity index (χ0v) is 31.3. The molecule has 0 bridgehead atoms. The van der Waals surface area contributed by atoms with Crippen LogP contribution >= 0.6 is 0 Å². The molecule has 0 spiro atoms. The van der Waals surface area contributed by atoms with Crippen LogP contribution in [-0.2, 0) is 6.42 Å². The molecule has 9 aromatic carbocycles. The average molecular weight is 719 g/mol. The van der Waals surface area contributed by atoms with Crippen LogP contribution < -0.4 is 9.80 Å². The van der Waals surface area contributed by atoms with E-state index in [0.717, 1.165) is 62.5 Å². The van der Waals surface area contributed by atoms with Crippen molar-refractivity contribution in [2.24, 2.45) is 0 Å². The van der Waals surface area contributed by atoms with Gasteiger partial charge in [0.1, 0.15) is 11.2 Å². The Morgan fingerprint density at radius 1 is 0.357 bits per heavy atom. The molecule has 56 heavy (non-hydrogen) atoms. The SMILES string of the molecule is Cc1ccc(N(c2ccccc2)c2ccc3cc4c(cc3c2)Cc2cc3c(cc2-4)oc2cc4cc(N(c5ccccc5)c5ccc(C)cc5)ccc4cc23)cc1. The second-order valence-corrected chi connectivity index (χ2v) is 15.2. The van der Waals surface area contributed by atoms with Crippen LogP contribution in [-0.4, -0.2) is 0 Å². The summed E-state index contributed by atoms with van der Waals surface area (Å²) in [6, 6.07) is 66.2. The molecule has 0 amide bonds. The Hall–Kier alpha value is -7.10. The first-order valence-electron chi connectivity index (χ1n) is 19.4. The molecule has 1 aromatic heterocycles. The van der Waals surface area contributed by atoms with Crippen LogP contribution in [0.1, 0.15) is 22.3 Å². The first kappa shape index (κ1) is 32.3. The van der Waals surface area contributed by atoms with Gasteiger partial charge in [-0.15, -0.1) is 0 Å². The number of fused-ring (bicyclic) bond motifs is 8. The van der Waals surface area contributed by atoms with Gasteiger partial charge in [0.05, 0.1) is 0 Å². The molecule has 0 aliphatic heterocycles. The molecule has 3 nitrogen and oxygen atoms in total. The first-order chi connectivity index (χ1) is 27.5. The number of anilines is 6. The minimum atomic E-state index is 0.902. The number of hydrogen-bond acceptors (Lipinski definition) is 3. The van der Waals surface area contributed by atoms with Crippen molar-refractivity contribution in [3.05, 3.63) is 204 Å². The Kier molecular flexibility index (Phi) is 7.36. The van der Waals surface area contributed by atoms with Crippen molar-refractivity contribution in [2.75, 3.05) is 9.80 Å². The summed E-state index contributed by atoms with van der Waals surface area (Å²) >= 11 is 0. The van der Waals surface area contributed by atoms with Gasteiger partial charge in [0.15, 0.2) is 0 Å². The molecule has 0 saturated carbocycles. The van der Waals surface area contributed by atoms with Gasteiger partial charge in [-0.25, -0.2) is 0 Å². The molecule has 0 atom stereocenters. The second-order valence-electron chi connectivity index (χ2n) is 15.2. The van der Waals surface area contributed by atoms with Crippen LogP contribution in [0.15, 0.2) is 186 Å². The highest BCUT2D eigenvalue weighted by Crippen LogP contribution is 2.45. The second kappa shape index (κ2) is 12.8. The molecule has 0 radical (unpaired) electrons. The van der Waals surface area contributed by atoms with Gasteiger partial charge in [0.2, 0.25) is 0 Å². The van der Waals surface area contributed by atoms with Crippen LogP contribution in [0.25, 0.3) is 54.6 Å². The molecule has 0 N–H and O–H groups in total. The highest BCUT2D eigenvalue weighted by atomic mass is 16.3. The first-order valence-corrected chi connectivity index (χ1v) is 19.4. The molecule has 1 heterocycles. The normalized spacial score (nSPS) is 12.0. The Balaban J connectivity index is 0.971. The molecular weight excluding hydrogens is 681 g/mol. The number of para-hydroxylation sites is 2. The molecule has 0 unspecified atom stereocenters. The van der Waals surface area contributed by atoms with Crippen molar-refractivity contribution in [2.45, 2.75) is 20.3 Å². The van der Waals surface area contributed by atoms with Gasteiger partial charge in [-0.05, 0) is 167 Å². The summed E-state index contributed by atoms with van der Waals surface area (Å²) in [6.07, 6.45) is 0.902. The standard InChI is InChI=1S/C53H38N2O/c1-34-13-19-44(20-14-34)54(42-9-5-3-6-10-42)46-23-17-36-29-48-40(25-38(36)27-46)26-41-31-51-50-30-37-18-24-47(28-39(37)32-52(50)56-53(51)33-49(41)48)55(43-11-7-4-8-12-43)45-21-15-35(2)16-22-45/h3-25,27-33H,26H2,1-2H3. The van der Waals surface area contributed by atoms with Gasteiger partial charge >= 0.3 is 0 Å². The summed E-state index contributed by atoms with van der Waals surface area (Å²) < 4.78 is 6.69. The van der Waals surface area contributed by atoms with E-state index >= 15 is 0 Å². The number of benzene rings is 9. The van der Waals surface area contributed by atoms with E-state index < -0.39 is 0 Å². The summed E-state index contributed by atoms with van der Waals surface area (Å²) in [6.45, 7) is 4.26. The summed E-state index contributed by atoms with van der Waals surface area (Å²) in [5, 5.41) is 7.16. The maximum Gasteiger partial charge on any atom is 0.136 e. The lowest BCUT2D eigenvalue weighted by atomic mass is 9.99. The Morgan fingerprint density at radius 3 is 1.39 bits per heavy atom. The maximum absolute atomic E-state index is 6.69. The van der Waals surface area contributed by atoms with E-state index in [1.54, 1.807) is 0 Å². The predicted molar refractivity (Wildman–Crippen MR) is 236 cm³/mol. The van der Waals surface area contributed by atoms with E-state index in [-0.39, 0.29) is 0 Å². The summed E-state index contributed by atoms with van der Waals surface area (Å²) in [5.41, 5.74) is 16.4. The number of aryl methyl sites for hydroxylation is 2. The van der Waals surface area contributed by atoms with Crippen molar-refractivity contribution in [3.8, 4) is 11.1 Å². The summed E-state index contributed by atoms with van der Waals surface area (Å²) in [5.74, 6) is 0. The van der Waals surface area contributed by atoms with Crippen LogP contribution in [0, 0.1) is 13.8 Å². The van der Waals surface area contributed by atoms with Crippen molar-refractivity contribution < 1.29 is 4.42 Å². The number of rotatable bonds is 6. The van der Waals surface area contributed by atoms with Crippen LogP contribution in [0.5, 0.6) is 0 Å². The monoisotopic (exact) mass is 718 g/mol. The fourth-order valence-corrected chi connectivity index (χ4v) is 8.64. The van der Waals surface area contributed by atoms with E-state index in [2.05, 4.69) is 206 Å². The average Bonchev–Trinajstić information content (AvgIpc) is 3.76. The van der Waals surface area contributed by atoms with E-state index in [0.29, 0.717) is 0 Å². The zero-order chi connectivity index (χ0) is 37.3. The lowest BCUT2D eigenvalue weighted by molar-refractivity contribution is 0.669. The molecule has 1 aliphatic rings. The van der Waals surface area contributed by atoms with Crippen LogP contribution in [0.3, 0.4) is 0 Å². The Morgan fingerprint density at radius 2 is 0.804 bits per heavy atom. The molecular formula is C53H38N2O. The van der Waals surface area contributed by atoms with Gasteiger partial charge in [0, 0.05) is 44.9 Å². The van der Waals surface area contributed by atoms with Gasteiger partial charge in [0.25, 0.3) is 0 Å². The van der Waals surface area contributed by atoms with E-state index in [4.69, 9.17) is 4.42 Å². The van der Waals surface area contributed by atoms with E-state index in [1.807, 2.05) is 0 Å². The van der Waals surface area contributed by atoms with Crippen molar-refractivity contribution in [1.29, 1.82) is 0 Å². The molecule has 10 aromatic rings. The largest absolute Gasteiger partial charge is 0.456 e. The van der Waals surface area contributed by atoms with Crippen molar-refractivity contribution >= 4 is 77.6 Å². The summed E-state index contributed by atoms with van der Waals surface area (Å²) in [7, 11) is 0. The third kappa shape index (κ3) is 5.43. The van der Waals surface area contributed by atoms with Crippen LogP contribution in [0.4, 0.5) is 34.1 Å².